The average molecular weight is 276 g/mol. The molecule has 1 fully saturated rings. The van der Waals surface area contributed by atoms with E-state index in [0.29, 0.717) is 17.3 Å². The highest BCUT2D eigenvalue weighted by atomic mass is 19.1. The lowest BCUT2D eigenvalue weighted by Gasteiger charge is -2.29. The van der Waals surface area contributed by atoms with Crippen LogP contribution >= 0.6 is 0 Å². The summed E-state index contributed by atoms with van der Waals surface area (Å²) in [7, 11) is 0. The van der Waals surface area contributed by atoms with Gasteiger partial charge in [0, 0.05) is 32.2 Å². The van der Waals surface area contributed by atoms with Crippen LogP contribution in [0.2, 0.25) is 0 Å². The summed E-state index contributed by atoms with van der Waals surface area (Å²) in [6.07, 6.45) is 1.25. The Hall–Kier alpha value is -2.02. The van der Waals surface area contributed by atoms with Gasteiger partial charge in [-0.15, -0.1) is 5.10 Å². The predicted molar refractivity (Wildman–Crippen MR) is 73.7 cm³/mol. The fraction of sp³-hybridized carbons (Fsp3) is 0.462. The number of aryl methyl sites for hydroxylation is 2. The van der Waals surface area contributed by atoms with Crippen LogP contribution in [0.25, 0.3) is 5.82 Å². The van der Waals surface area contributed by atoms with Gasteiger partial charge in [-0.2, -0.15) is 4.68 Å². The Labute approximate surface area is 116 Å². The molecule has 20 heavy (non-hydrogen) atoms. The summed E-state index contributed by atoms with van der Waals surface area (Å²) >= 11 is 0. The first-order valence-corrected chi connectivity index (χ1v) is 6.67. The van der Waals surface area contributed by atoms with Gasteiger partial charge in [-0.3, -0.25) is 0 Å². The van der Waals surface area contributed by atoms with Crippen LogP contribution in [0, 0.1) is 19.7 Å². The van der Waals surface area contributed by atoms with Gasteiger partial charge in [-0.1, -0.05) is 0 Å². The molecule has 3 rings (SSSR count). The van der Waals surface area contributed by atoms with E-state index in [0.717, 1.165) is 32.0 Å². The molecule has 0 atom stereocenters. The Kier molecular flexibility index (Phi) is 3.35. The van der Waals surface area contributed by atoms with Gasteiger partial charge in [0.25, 0.3) is 0 Å². The topological polar surface area (TPSA) is 58.9 Å². The highest BCUT2D eigenvalue weighted by Crippen LogP contribution is 2.21. The molecule has 0 bridgehead atoms. The lowest BCUT2D eigenvalue weighted by atomic mass is 10.3. The number of rotatable bonds is 2. The van der Waals surface area contributed by atoms with Gasteiger partial charge in [0.2, 0.25) is 0 Å². The Morgan fingerprint density at radius 1 is 1.25 bits per heavy atom. The van der Waals surface area contributed by atoms with Crippen molar-refractivity contribution in [3.05, 3.63) is 29.7 Å². The maximum Gasteiger partial charge on any atom is 0.164 e. The van der Waals surface area contributed by atoms with Crippen LogP contribution in [-0.2, 0) is 0 Å². The van der Waals surface area contributed by atoms with Crippen molar-refractivity contribution in [2.45, 2.75) is 13.8 Å². The zero-order chi connectivity index (χ0) is 14.1. The highest BCUT2D eigenvalue weighted by Gasteiger charge is 2.17. The number of halogens is 1. The number of nitrogens with zero attached hydrogens (tertiary/aromatic N) is 5. The molecule has 0 amide bonds. The zero-order valence-electron chi connectivity index (χ0n) is 11.6. The largest absolute Gasteiger partial charge is 0.366 e. The minimum atomic E-state index is -0.301. The fourth-order valence-electron chi connectivity index (χ4n) is 2.42. The molecule has 0 spiro atoms. The molecule has 7 heteroatoms. The summed E-state index contributed by atoms with van der Waals surface area (Å²) in [5.41, 5.74) is 0.573. The third kappa shape index (κ3) is 2.36. The summed E-state index contributed by atoms with van der Waals surface area (Å²) in [6.45, 7) is 6.97. The molecule has 1 saturated heterocycles. The van der Waals surface area contributed by atoms with Crippen LogP contribution in [-0.4, -0.2) is 45.9 Å². The van der Waals surface area contributed by atoms with Crippen molar-refractivity contribution < 1.29 is 4.39 Å². The standard InChI is InChI=1S/C13H17FN6/c1-9-17-10(2)20(18-9)13-7-12(11(14)8-16-13)19-5-3-15-4-6-19/h7-8,15H,3-6H2,1-2H3. The molecule has 1 aliphatic heterocycles. The van der Waals surface area contributed by atoms with Gasteiger partial charge in [0.1, 0.15) is 11.6 Å². The summed E-state index contributed by atoms with van der Waals surface area (Å²) in [5.74, 6) is 1.72. The number of anilines is 1. The summed E-state index contributed by atoms with van der Waals surface area (Å²) < 4.78 is 15.6. The quantitative estimate of drug-likeness (QED) is 0.880. The van der Waals surface area contributed by atoms with Crippen molar-refractivity contribution >= 4 is 5.69 Å². The second-order valence-electron chi connectivity index (χ2n) is 4.85. The minimum absolute atomic E-state index is 0.301. The Balaban J connectivity index is 1.99. The number of piperazine rings is 1. The van der Waals surface area contributed by atoms with E-state index in [1.54, 1.807) is 10.7 Å². The average Bonchev–Trinajstić information content (AvgIpc) is 2.79. The third-order valence-corrected chi connectivity index (χ3v) is 3.37. The summed E-state index contributed by atoms with van der Waals surface area (Å²) in [4.78, 5) is 10.4. The molecule has 3 heterocycles. The second-order valence-corrected chi connectivity index (χ2v) is 4.85. The molecule has 1 aliphatic rings. The minimum Gasteiger partial charge on any atom is -0.366 e. The molecule has 0 unspecified atom stereocenters. The van der Waals surface area contributed by atoms with E-state index >= 15 is 0 Å². The van der Waals surface area contributed by atoms with E-state index in [2.05, 4.69) is 20.4 Å². The fourth-order valence-corrected chi connectivity index (χ4v) is 2.42. The number of aromatic nitrogens is 4. The number of hydrogen-bond donors (Lipinski definition) is 1. The molecule has 0 saturated carbocycles. The first-order chi connectivity index (χ1) is 9.65. The lowest BCUT2D eigenvalue weighted by Crippen LogP contribution is -2.44. The molecule has 0 aliphatic carbocycles. The third-order valence-electron chi connectivity index (χ3n) is 3.37. The van der Waals surface area contributed by atoms with Crippen LogP contribution in [0.5, 0.6) is 0 Å². The Morgan fingerprint density at radius 3 is 2.65 bits per heavy atom. The van der Waals surface area contributed by atoms with Gasteiger partial charge in [-0.05, 0) is 13.8 Å². The number of hydrogen-bond acceptors (Lipinski definition) is 5. The Morgan fingerprint density at radius 2 is 2.00 bits per heavy atom. The van der Waals surface area contributed by atoms with Crippen molar-refractivity contribution in [2.75, 3.05) is 31.1 Å². The summed E-state index contributed by atoms with van der Waals surface area (Å²) in [6, 6.07) is 1.74. The van der Waals surface area contributed by atoms with Crippen molar-refractivity contribution in [2.24, 2.45) is 0 Å². The van der Waals surface area contributed by atoms with E-state index in [1.807, 2.05) is 18.7 Å². The van der Waals surface area contributed by atoms with Crippen molar-refractivity contribution in [1.29, 1.82) is 0 Å². The SMILES string of the molecule is Cc1nc(C)n(-c2cc(N3CCNCC3)c(F)cn2)n1. The molecule has 2 aromatic heterocycles. The molecule has 6 nitrogen and oxygen atoms in total. The molecule has 0 aromatic carbocycles. The zero-order valence-corrected chi connectivity index (χ0v) is 11.6. The molecule has 1 N–H and O–H groups in total. The molecular weight excluding hydrogens is 259 g/mol. The molecule has 2 aromatic rings. The number of nitrogens with one attached hydrogen (secondary N) is 1. The van der Waals surface area contributed by atoms with E-state index in [1.165, 1.54) is 6.20 Å². The van der Waals surface area contributed by atoms with Crippen LogP contribution < -0.4 is 10.2 Å². The Bertz CT molecular complexity index is 617. The van der Waals surface area contributed by atoms with E-state index in [9.17, 15) is 4.39 Å². The second kappa shape index (κ2) is 5.16. The predicted octanol–water partition coefficient (Wildman–Crippen LogP) is 0.828. The molecule has 0 radical (unpaired) electrons. The lowest BCUT2D eigenvalue weighted by molar-refractivity contribution is 0.563. The summed E-state index contributed by atoms with van der Waals surface area (Å²) in [5, 5.41) is 7.54. The monoisotopic (exact) mass is 276 g/mol. The van der Waals surface area contributed by atoms with Gasteiger partial charge >= 0.3 is 0 Å². The first kappa shape index (κ1) is 13.0. The van der Waals surface area contributed by atoms with Gasteiger partial charge < -0.3 is 10.2 Å². The van der Waals surface area contributed by atoms with E-state index < -0.39 is 0 Å². The molecular formula is C13H17FN6. The van der Waals surface area contributed by atoms with Crippen molar-refractivity contribution in [1.82, 2.24) is 25.1 Å². The van der Waals surface area contributed by atoms with E-state index in [-0.39, 0.29) is 5.82 Å². The van der Waals surface area contributed by atoms with Crippen molar-refractivity contribution in [3.63, 3.8) is 0 Å². The van der Waals surface area contributed by atoms with E-state index in [4.69, 9.17) is 0 Å². The van der Waals surface area contributed by atoms with Crippen LogP contribution in [0.4, 0.5) is 10.1 Å². The smallest absolute Gasteiger partial charge is 0.164 e. The maximum absolute atomic E-state index is 14.0. The van der Waals surface area contributed by atoms with Gasteiger partial charge in [-0.25, -0.2) is 14.4 Å². The number of pyridine rings is 1. The molecule has 106 valence electrons. The normalized spacial score (nSPS) is 15.7. The highest BCUT2D eigenvalue weighted by molar-refractivity contribution is 5.51. The first-order valence-electron chi connectivity index (χ1n) is 6.67. The van der Waals surface area contributed by atoms with Crippen LogP contribution in [0.1, 0.15) is 11.6 Å². The van der Waals surface area contributed by atoms with Crippen LogP contribution in [0.3, 0.4) is 0 Å². The van der Waals surface area contributed by atoms with Crippen LogP contribution in [0.15, 0.2) is 12.3 Å². The van der Waals surface area contributed by atoms with Gasteiger partial charge in [0.05, 0.1) is 11.9 Å². The van der Waals surface area contributed by atoms with Crippen molar-refractivity contribution in [3.8, 4) is 5.82 Å². The van der Waals surface area contributed by atoms with Gasteiger partial charge in [0.15, 0.2) is 11.6 Å². The maximum atomic E-state index is 14.0.